The summed E-state index contributed by atoms with van der Waals surface area (Å²) in [5, 5.41) is 8.73. The lowest BCUT2D eigenvalue weighted by Crippen LogP contribution is -2.41. The fourth-order valence-corrected chi connectivity index (χ4v) is 2.58. The highest BCUT2D eigenvalue weighted by Gasteiger charge is 2.23. The van der Waals surface area contributed by atoms with Crippen LogP contribution in [0.25, 0.3) is 0 Å². The van der Waals surface area contributed by atoms with Gasteiger partial charge >= 0.3 is 0 Å². The van der Waals surface area contributed by atoms with Crippen LogP contribution in [0.4, 0.5) is 0 Å². The maximum absolute atomic E-state index is 12.4. The quantitative estimate of drug-likeness (QED) is 0.846. The third kappa shape index (κ3) is 3.95. The smallest absolute Gasteiger partial charge is 0.253 e. The van der Waals surface area contributed by atoms with Crippen molar-refractivity contribution in [3.8, 4) is 0 Å². The summed E-state index contributed by atoms with van der Waals surface area (Å²) in [6, 6.07) is 7.46. The standard InChI is InChI=1S/C15H20ClNO3/c16-11-12-2-1-3-13(10-12)15(19)17-6-4-14(5-7-17)20-9-8-18/h1-3,10,14,18H,4-9,11H2. The number of amides is 1. The summed E-state index contributed by atoms with van der Waals surface area (Å²) in [5.41, 5.74) is 1.65. The minimum Gasteiger partial charge on any atom is -0.394 e. The first-order valence-electron chi connectivity index (χ1n) is 6.91. The Morgan fingerprint density at radius 3 is 2.80 bits per heavy atom. The van der Waals surface area contributed by atoms with Gasteiger partial charge in [0.15, 0.2) is 0 Å². The molecule has 1 aliphatic heterocycles. The number of carbonyl (C=O) groups excluding carboxylic acids is 1. The maximum atomic E-state index is 12.4. The number of carbonyl (C=O) groups is 1. The SMILES string of the molecule is O=C(c1cccc(CCl)c1)N1CCC(OCCO)CC1. The molecule has 0 aliphatic carbocycles. The molecule has 0 aromatic heterocycles. The third-order valence-corrected chi connectivity index (χ3v) is 3.81. The number of piperidine rings is 1. The zero-order valence-corrected chi connectivity index (χ0v) is 12.2. The van der Waals surface area contributed by atoms with E-state index in [-0.39, 0.29) is 18.6 Å². The van der Waals surface area contributed by atoms with Crippen molar-refractivity contribution in [1.82, 2.24) is 4.90 Å². The Morgan fingerprint density at radius 1 is 1.40 bits per heavy atom. The number of benzene rings is 1. The summed E-state index contributed by atoms with van der Waals surface area (Å²) in [4.78, 5) is 14.2. The molecule has 0 atom stereocenters. The van der Waals surface area contributed by atoms with Crippen LogP contribution in [0.1, 0.15) is 28.8 Å². The van der Waals surface area contributed by atoms with E-state index >= 15 is 0 Å². The van der Waals surface area contributed by atoms with E-state index in [2.05, 4.69) is 0 Å². The molecule has 5 heteroatoms. The monoisotopic (exact) mass is 297 g/mol. The van der Waals surface area contributed by atoms with Gasteiger partial charge in [0, 0.05) is 24.5 Å². The fraction of sp³-hybridized carbons (Fsp3) is 0.533. The predicted molar refractivity (Wildman–Crippen MR) is 78.0 cm³/mol. The van der Waals surface area contributed by atoms with Crippen molar-refractivity contribution < 1.29 is 14.6 Å². The molecule has 0 radical (unpaired) electrons. The molecule has 1 heterocycles. The van der Waals surface area contributed by atoms with Gasteiger partial charge in [-0.15, -0.1) is 11.6 Å². The molecular weight excluding hydrogens is 278 g/mol. The van der Waals surface area contributed by atoms with E-state index in [4.69, 9.17) is 21.4 Å². The zero-order valence-electron chi connectivity index (χ0n) is 11.4. The molecule has 20 heavy (non-hydrogen) atoms. The van der Waals surface area contributed by atoms with Gasteiger partial charge in [0.1, 0.15) is 0 Å². The molecule has 1 fully saturated rings. The van der Waals surface area contributed by atoms with E-state index in [0.717, 1.165) is 18.4 Å². The molecule has 1 aliphatic rings. The lowest BCUT2D eigenvalue weighted by molar-refractivity contribution is -0.00554. The second-order valence-electron chi connectivity index (χ2n) is 4.92. The third-order valence-electron chi connectivity index (χ3n) is 3.50. The van der Waals surface area contributed by atoms with E-state index in [0.29, 0.717) is 31.1 Å². The summed E-state index contributed by atoms with van der Waals surface area (Å²) >= 11 is 5.80. The van der Waals surface area contributed by atoms with Gasteiger partial charge in [0.05, 0.1) is 19.3 Å². The van der Waals surface area contributed by atoms with Gasteiger partial charge < -0.3 is 14.7 Å². The number of hydrogen-bond donors (Lipinski definition) is 1. The highest BCUT2D eigenvalue weighted by atomic mass is 35.5. The van der Waals surface area contributed by atoms with Crippen molar-refractivity contribution >= 4 is 17.5 Å². The van der Waals surface area contributed by atoms with Gasteiger partial charge in [-0.1, -0.05) is 12.1 Å². The molecule has 0 unspecified atom stereocenters. The predicted octanol–water partition coefficient (Wildman–Crippen LogP) is 2.04. The van der Waals surface area contributed by atoms with Crippen LogP contribution in [0, 0.1) is 0 Å². The summed E-state index contributed by atoms with van der Waals surface area (Å²) in [5.74, 6) is 0.468. The van der Waals surface area contributed by atoms with Crippen molar-refractivity contribution in [3.05, 3.63) is 35.4 Å². The number of rotatable bonds is 5. The molecule has 4 nitrogen and oxygen atoms in total. The molecule has 1 saturated heterocycles. The lowest BCUT2D eigenvalue weighted by atomic mass is 10.1. The first kappa shape index (κ1) is 15.3. The first-order valence-corrected chi connectivity index (χ1v) is 7.44. The van der Waals surface area contributed by atoms with E-state index in [9.17, 15) is 4.79 Å². The second kappa shape index (κ2) is 7.62. The van der Waals surface area contributed by atoms with Gasteiger partial charge in [-0.2, -0.15) is 0 Å². The fourth-order valence-electron chi connectivity index (χ4n) is 2.41. The molecule has 2 rings (SSSR count). The summed E-state index contributed by atoms with van der Waals surface area (Å²) in [7, 11) is 0. The average molecular weight is 298 g/mol. The Kier molecular flexibility index (Phi) is 5.83. The van der Waals surface area contributed by atoms with Crippen LogP contribution in [-0.2, 0) is 10.6 Å². The van der Waals surface area contributed by atoms with E-state index in [1.165, 1.54) is 0 Å². The van der Waals surface area contributed by atoms with Crippen molar-refractivity contribution in [2.24, 2.45) is 0 Å². The highest BCUT2D eigenvalue weighted by molar-refractivity contribution is 6.17. The van der Waals surface area contributed by atoms with Gasteiger partial charge in [0.25, 0.3) is 5.91 Å². The Hall–Kier alpha value is -1.10. The van der Waals surface area contributed by atoms with Crippen LogP contribution >= 0.6 is 11.6 Å². The molecule has 1 amide bonds. The van der Waals surface area contributed by atoms with Gasteiger partial charge in [-0.05, 0) is 30.5 Å². The minimum absolute atomic E-state index is 0.0460. The zero-order chi connectivity index (χ0) is 14.4. The molecule has 110 valence electrons. The van der Waals surface area contributed by atoms with Crippen molar-refractivity contribution in [2.75, 3.05) is 26.3 Å². The van der Waals surface area contributed by atoms with Crippen LogP contribution in [0.5, 0.6) is 0 Å². The molecule has 1 aromatic carbocycles. The lowest BCUT2D eigenvalue weighted by Gasteiger charge is -2.32. The number of ether oxygens (including phenoxy) is 1. The van der Waals surface area contributed by atoms with Gasteiger partial charge in [-0.3, -0.25) is 4.79 Å². The van der Waals surface area contributed by atoms with Gasteiger partial charge in [0.2, 0.25) is 0 Å². The van der Waals surface area contributed by atoms with Crippen molar-refractivity contribution in [1.29, 1.82) is 0 Å². The molecule has 0 saturated carbocycles. The van der Waals surface area contributed by atoms with E-state index < -0.39 is 0 Å². The van der Waals surface area contributed by atoms with Crippen LogP contribution in [0.2, 0.25) is 0 Å². The summed E-state index contributed by atoms with van der Waals surface area (Å²) in [6.07, 6.45) is 1.79. The number of aliphatic hydroxyl groups excluding tert-OH is 1. The largest absolute Gasteiger partial charge is 0.394 e. The van der Waals surface area contributed by atoms with Crippen LogP contribution in [0.15, 0.2) is 24.3 Å². The number of alkyl halides is 1. The maximum Gasteiger partial charge on any atom is 0.253 e. The molecule has 0 spiro atoms. The number of aliphatic hydroxyl groups is 1. The number of nitrogens with zero attached hydrogens (tertiary/aromatic N) is 1. The molecule has 1 aromatic rings. The highest BCUT2D eigenvalue weighted by Crippen LogP contribution is 2.17. The Balaban J connectivity index is 1.91. The van der Waals surface area contributed by atoms with Crippen LogP contribution in [0.3, 0.4) is 0 Å². The summed E-state index contributed by atoms with van der Waals surface area (Å²) in [6.45, 7) is 1.81. The first-order chi connectivity index (χ1) is 9.74. The van der Waals surface area contributed by atoms with E-state index in [1.807, 2.05) is 29.2 Å². The molecular formula is C15H20ClNO3. The number of hydrogen-bond acceptors (Lipinski definition) is 3. The van der Waals surface area contributed by atoms with Crippen molar-refractivity contribution in [3.63, 3.8) is 0 Å². The van der Waals surface area contributed by atoms with Crippen LogP contribution in [-0.4, -0.2) is 48.3 Å². The minimum atomic E-state index is 0.0460. The Morgan fingerprint density at radius 2 is 2.15 bits per heavy atom. The summed E-state index contributed by atoms with van der Waals surface area (Å²) < 4.78 is 5.50. The second-order valence-corrected chi connectivity index (χ2v) is 5.19. The molecule has 0 bridgehead atoms. The Bertz CT molecular complexity index is 444. The number of likely N-dealkylation sites (tertiary alicyclic amines) is 1. The topological polar surface area (TPSA) is 49.8 Å². The van der Waals surface area contributed by atoms with Crippen LogP contribution < -0.4 is 0 Å². The molecule has 1 N–H and O–H groups in total. The van der Waals surface area contributed by atoms with Gasteiger partial charge in [-0.25, -0.2) is 0 Å². The van der Waals surface area contributed by atoms with Crippen molar-refractivity contribution in [2.45, 2.75) is 24.8 Å². The Labute approximate surface area is 124 Å². The normalized spacial score (nSPS) is 16.4. The number of halogens is 1. The van der Waals surface area contributed by atoms with E-state index in [1.54, 1.807) is 0 Å². The average Bonchev–Trinajstić information content (AvgIpc) is 2.52.